The van der Waals surface area contributed by atoms with E-state index in [-0.39, 0.29) is 55.3 Å². The van der Waals surface area contributed by atoms with Crippen molar-refractivity contribution >= 4 is 81.9 Å². The summed E-state index contributed by atoms with van der Waals surface area (Å²) in [6, 6.07) is 0. The Hall–Kier alpha value is -4.19. The lowest BCUT2D eigenvalue weighted by atomic mass is 10.1. The minimum absolute atomic E-state index is 0. The Bertz CT molecular complexity index is 2320. The minimum Gasteiger partial charge on any atom is -0.481 e. The number of aliphatic hydroxyl groups is 4. The van der Waals surface area contributed by atoms with Gasteiger partial charge in [-0.05, 0) is 139 Å². The summed E-state index contributed by atoms with van der Waals surface area (Å²) < 4.78 is 31.3. The monoisotopic (exact) mass is 1660 g/mol. The number of terminal acetylenes is 1. The summed E-state index contributed by atoms with van der Waals surface area (Å²) >= 11 is 11.8. The highest BCUT2D eigenvalue weighted by Crippen LogP contribution is 2.28. The van der Waals surface area contributed by atoms with E-state index in [1.165, 1.54) is 112 Å². The topological polar surface area (TPSA) is 266 Å². The highest BCUT2D eigenvalue weighted by Gasteiger charge is 2.37. The predicted molar refractivity (Wildman–Crippen MR) is 449 cm³/mol. The molecule has 2 aliphatic heterocycles. The number of aliphatic carboxylic acids is 1. The molecule has 2 fully saturated rings. The molecule has 8 atom stereocenters. The molecule has 20 heteroatoms. The number of aliphatic hydroxyl groups excluding tert-OH is 4. The quantitative estimate of drug-likeness (QED) is 0.00554. The number of hydrogen-bond donors (Lipinski definition) is 5. The van der Waals surface area contributed by atoms with Crippen LogP contribution < -0.4 is 0 Å². The van der Waals surface area contributed by atoms with Gasteiger partial charge in [0.05, 0.1) is 46.0 Å². The zero-order valence-electron chi connectivity index (χ0n) is 67.1. The molecule has 0 amide bonds. The Morgan fingerprint density at radius 2 is 0.720 bits per heavy atom. The molecule has 2 rings (SSSR count). The van der Waals surface area contributed by atoms with Crippen LogP contribution >= 0.6 is 45.8 Å². The lowest BCUT2D eigenvalue weighted by molar-refractivity contribution is -0.141. The van der Waals surface area contributed by atoms with Crippen LogP contribution in [0.2, 0.25) is 0 Å². The fourth-order valence-corrected chi connectivity index (χ4v) is 10.6. The Balaban J connectivity index is -0.000000290. The number of carbonyl (C=O) groups excluding carboxylic acids is 5. The van der Waals surface area contributed by atoms with Crippen LogP contribution in [0, 0.1) is 47.9 Å². The van der Waals surface area contributed by atoms with Crippen molar-refractivity contribution in [3.8, 4) is 47.9 Å². The van der Waals surface area contributed by atoms with Gasteiger partial charge in [-0.1, -0.05) is 272 Å². The van der Waals surface area contributed by atoms with Crippen molar-refractivity contribution in [3.05, 3.63) is 22.3 Å². The molecule has 0 saturated carbocycles. The molecule has 8 unspecified atom stereocenters. The van der Waals surface area contributed by atoms with Crippen LogP contribution in [-0.2, 0) is 57.2 Å². The molecule has 2 aliphatic rings. The number of ether oxygens (including phenoxy) is 6. The average Bonchev–Trinajstić information content (AvgIpc) is 1.71. The largest absolute Gasteiger partial charge is 0.481 e. The molecule has 107 heavy (non-hydrogen) atoms. The standard InChI is InChI=1S/C19H32O4.C19H32O3.C18H30O4.C12H20O3.C10H18O3.C7H13I.CH2Cl2.CH4/c1-3-4-8-12-17-18(23-17)15-14-16(20)11-9-6-5-7-10-13-19(21)22-2;1-3-4-5-6-7-9-12-15-18(20)16-13-10-8-11-14-17-19(21)22-2;1-2-3-7-11-16-17(22-16)14-13-15(19)10-8-5-4-6-9-12-18(20)21;1-3-11(13)9-7-5-4-6-8-10-12(14)15-2;1-13-10(12)8-6-4-2-3-5-7-9-11;1-2-3-4-5-6-7-8;2-1-3;/h16-18,20H,3-13H2,1-2H3;7,9,18,20H,3-6,8,10-11,13-14,16-17H2,1-2H3;15-17,19H,2-12H2,1H3,(H,20,21);1,11,13H,4-10H2,2H3;9H,2-8H2,1H3;6-7H,2-5H2,1H3;1H2;1H4/b;9-7+;;;;7-6+;;. The van der Waals surface area contributed by atoms with Crippen LogP contribution in [0.4, 0.5) is 0 Å². The van der Waals surface area contributed by atoms with Gasteiger partial charge in [0, 0.05) is 38.5 Å². The summed E-state index contributed by atoms with van der Waals surface area (Å²) in [5.74, 6) is 18.6. The average molecular weight is 1670 g/mol. The highest BCUT2D eigenvalue weighted by atomic mass is 127. The number of epoxide rings is 2. The van der Waals surface area contributed by atoms with E-state index < -0.39 is 30.4 Å². The molecule has 17 nitrogen and oxygen atoms in total. The number of carboxylic acids is 1. The first-order chi connectivity index (χ1) is 51.3. The molecule has 0 aromatic carbocycles. The van der Waals surface area contributed by atoms with Gasteiger partial charge in [-0.3, -0.25) is 24.0 Å². The number of halogens is 3. The molecule has 0 aromatic heterocycles. The smallest absolute Gasteiger partial charge is 0.305 e. The molecule has 0 bridgehead atoms. The zero-order chi connectivity index (χ0) is 80.0. The van der Waals surface area contributed by atoms with Crippen LogP contribution in [0.5, 0.6) is 0 Å². The van der Waals surface area contributed by atoms with Gasteiger partial charge in [-0.2, -0.15) is 0 Å². The van der Waals surface area contributed by atoms with Crippen LogP contribution in [0.25, 0.3) is 0 Å². The van der Waals surface area contributed by atoms with Gasteiger partial charge < -0.3 is 58.7 Å². The molecule has 0 spiro atoms. The summed E-state index contributed by atoms with van der Waals surface area (Å²) in [5, 5.41) is 47.1. The van der Waals surface area contributed by atoms with E-state index in [9.17, 15) is 44.1 Å². The Labute approximate surface area is 675 Å². The SMILES string of the molecule is C.C#CC(O)CCCCCCCC(=O)OC.CCCCC/C=C/C#CC(O)CCCCCCCC(=O)OC.CCCCC/C=C/I.CCCCCC1OC1C#CC(O)CCCCCCCC(=O)O.CCCCCC1OC1C#CC(O)CCCCCCCC(=O)OC.COC(=O)CCCCCCCC=O.ClCCl. The second-order valence-electron chi connectivity index (χ2n) is 26.5. The lowest BCUT2D eigenvalue weighted by Crippen LogP contribution is -2.03. The summed E-state index contributed by atoms with van der Waals surface area (Å²) in [4.78, 5) is 63.6. The van der Waals surface area contributed by atoms with Gasteiger partial charge in [0.25, 0.3) is 0 Å². The third kappa shape index (κ3) is 99.8. The summed E-state index contributed by atoms with van der Waals surface area (Å²) in [6.07, 6.45) is 60.9. The van der Waals surface area contributed by atoms with Crippen molar-refractivity contribution in [2.45, 2.75) is 411 Å². The molecule has 5 N–H and O–H groups in total. The van der Waals surface area contributed by atoms with Crippen molar-refractivity contribution in [1.82, 2.24) is 0 Å². The third-order valence-electron chi connectivity index (χ3n) is 16.9. The van der Waals surface area contributed by atoms with Crippen LogP contribution in [-0.4, -0.2) is 144 Å². The molecule has 2 saturated heterocycles. The third-order valence-corrected chi connectivity index (χ3v) is 17.4. The number of allylic oxidation sites excluding steroid dienone is 3. The second-order valence-corrected chi connectivity index (χ2v) is 28.1. The van der Waals surface area contributed by atoms with Gasteiger partial charge in [-0.15, -0.1) is 29.6 Å². The maximum absolute atomic E-state index is 10.9. The van der Waals surface area contributed by atoms with Gasteiger partial charge in [-0.25, -0.2) is 0 Å². The van der Waals surface area contributed by atoms with Crippen LogP contribution in [0.15, 0.2) is 22.3 Å². The van der Waals surface area contributed by atoms with Gasteiger partial charge in [0.1, 0.15) is 42.9 Å². The van der Waals surface area contributed by atoms with Gasteiger partial charge in [0.15, 0.2) is 0 Å². The second kappa shape index (κ2) is 94.2. The lowest BCUT2D eigenvalue weighted by Gasteiger charge is -2.03. The van der Waals surface area contributed by atoms with Crippen LogP contribution in [0.3, 0.4) is 0 Å². The van der Waals surface area contributed by atoms with Crippen molar-refractivity contribution in [1.29, 1.82) is 0 Å². The van der Waals surface area contributed by atoms with E-state index in [1.54, 1.807) is 0 Å². The maximum Gasteiger partial charge on any atom is 0.305 e. The summed E-state index contributed by atoms with van der Waals surface area (Å²) in [5.41, 5.74) is 0. The van der Waals surface area contributed by atoms with Crippen molar-refractivity contribution in [2.24, 2.45) is 0 Å². The van der Waals surface area contributed by atoms with Crippen molar-refractivity contribution in [3.63, 3.8) is 0 Å². The van der Waals surface area contributed by atoms with Crippen molar-refractivity contribution < 1.29 is 82.7 Å². The summed E-state index contributed by atoms with van der Waals surface area (Å²) in [7, 11) is 5.66. The number of aldehydes is 1. The van der Waals surface area contributed by atoms with E-state index >= 15 is 0 Å². The van der Waals surface area contributed by atoms with Gasteiger partial charge >= 0.3 is 29.8 Å². The van der Waals surface area contributed by atoms with E-state index in [0.717, 1.165) is 199 Å². The predicted octanol–water partition coefficient (Wildman–Crippen LogP) is 21.1. The molecular weight excluding hydrogens is 1510 g/mol. The normalized spacial score (nSPS) is 15.0. The van der Waals surface area contributed by atoms with E-state index in [0.29, 0.717) is 57.2 Å². The number of carboxylic acid groups (broad SMARTS) is 1. The first-order valence-corrected chi connectivity index (χ1v) is 42.6. The highest BCUT2D eigenvalue weighted by molar-refractivity contribution is 14.1. The first kappa shape index (κ1) is 114. The Morgan fingerprint density at radius 3 is 1.04 bits per heavy atom. The Kier molecular flexibility index (Phi) is 100. The summed E-state index contributed by atoms with van der Waals surface area (Å²) in [6.45, 7) is 8.81. The van der Waals surface area contributed by atoms with E-state index in [4.69, 9.17) is 49.3 Å². The Morgan fingerprint density at radius 1 is 0.430 bits per heavy atom. The fourth-order valence-electron chi connectivity index (χ4n) is 10.2. The number of esters is 4. The number of methoxy groups -OCH3 is 4. The molecule has 0 radical (unpaired) electrons. The molecule has 2 heterocycles. The molecule has 622 valence electrons. The zero-order valence-corrected chi connectivity index (χ0v) is 70.8. The number of rotatable bonds is 56. The molecule has 0 aliphatic carbocycles. The molecular formula is C87H151Cl2IO17. The molecule has 0 aromatic rings. The maximum atomic E-state index is 10.9. The number of alkyl halides is 2. The van der Waals surface area contributed by atoms with Gasteiger partial charge in [0.2, 0.25) is 0 Å². The fraction of sp³-hybridized carbons (Fsp3) is 0.793. The van der Waals surface area contributed by atoms with Crippen LogP contribution in [0.1, 0.15) is 363 Å². The van der Waals surface area contributed by atoms with E-state index in [2.05, 4.69) is 127 Å². The number of hydrogen-bond acceptors (Lipinski definition) is 16. The number of carbonyl (C=O) groups is 6. The minimum atomic E-state index is -0.721. The first-order valence-electron chi connectivity index (χ1n) is 40.3. The van der Waals surface area contributed by atoms with E-state index in [1.807, 2.05) is 6.08 Å². The number of unbranched alkanes of at least 4 members (excludes halogenated alkanes) is 31. The van der Waals surface area contributed by atoms with Crippen molar-refractivity contribution in [2.75, 3.05) is 33.8 Å².